The molecule has 110 valence electrons. The Morgan fingerprint density at radius 3 is 2.16 bits per heavy atom. The number of carbonyl (C=O) groups is 1. The molecule has 0 bridgehead atoms. The van der Waals surface area contributed by atoms with Crippen LogP contribution in [0.15, 0.2) is 0 Å². The fourth-order valence-corrected chi connectivity index (χ4v) is 4.06. The Balaban J connectivity index is 1.89. The molecule has 0 aromatic heterocycles. The molecule has 1 amide bonds. The molecule has 2 fully saturated rings. The summed E-state index contributed by atoms with van der Waals surface area (Å²) in [5.74, 6) is 1.67. The van der Waals surface area contributed by atoms with Crippen molar-refractivity contribution in [2.45, 2.75) is 70.8 Å². The quantitative estimate of drug-likeness (QED) is 0.803. The van der Waals surface area contributed by atoms with E-state index in [0.717, 1.165) is 50.6 Å². The second-order valence-corrected chi connectivity index (χ2v) is 6.65. The molecular weight excluding hydrogens is 238 g/mol. The van der Waals surface area contributed by atoms with Crippen LogP contribution in [-0.2, 0) is 4.79 Å². The van der Waals surface area contributed by atoms with E-state index >= 15 is 0 Å². The maximum absolute atomic E-state index is 12.4. The Labute approximate surface area is 117 Å². The second-order valence-electron chi connectivity index (χ2n) is 6.65. The summed E-state index contributed by atoms with van der Waals surface area (Å²) in [5, 5.41) is 10.6. The van der Waals surface area contributed by atoms with Gasteiger partial charge in [-0.15, -0.1) is 0 Å². The Kier molecular flexibility index (Phi) is 4.88. The summed E-state index contributed by atoms with van der Waals surface area (Å²) in [6, 6.07) is 0. The van der Waals surface area contributed by atoms with E-state index in [9.17, 15) is 9.90 Å². The van der Waals surface area contributed by atoms with Crippen LogP contribution in [0.1, 0.15) is 65.2 Å². The van der Waals surface area contributed by atoms with Gasteiger partial charge in [-0.2, -0.15) is 0 Å². The first-order valence-corrected chi connectivity index (χ1v) is 8.08. The van der Waals surface area contributed by atoms with Crippen LogP contribution >= 0.6 is 0 Å². The normalized spacial score (nSPS) is 26.8. The van der Waals surface area contributed by atoms with Gasteiger partial charge in [0.05, 0.1) is 12.0 Å². The highest BCUT2D eigenvalue weighted by atomic mass is 16.3. The van der Waals surface area contributed by atoms with Crippen LogP contribution in [-0.4, -0.2) is 34.6 Å². The van der Waals surface area contributed by atoms with Gasteiger partial charge >= 0.3 is 0 Å². The van der Waals surface area contributed by atoms with Crippen LogP contribution in [0.4, 0.5) is 0 Å². The maximum atomic E-state index is 12.4. The van der Waals surface area contributed by atoms with Gasteiger partial charge in [-0.25, -0.2) is 0 Å². The van der Waals surface area contributed by atoms with Crippen molar-refractivity contribution in [1.82, 2.24) is 4.90 Å². The van der Waals surface area contributed by atoms with Gasteiger partial charge in [-0.1, -0.05) is 33.1 Å². The minimum atomic E-state index is -0.766. The molecule has 19 heavy (non-hydrogen) atoms. The van der Waals surface area contributed by atoms with Crippen LogP contribution in [0.2, 0.25) is 0 Å². The molecule has 2 rings (SSSR count). The van der Waals surface area contributed by atoms with Crippen molar-refractivity contribution in [3.63, 3.8) is 0 Å². The Bertz CT molecular complexity index is 298. The minimum absolute atomic E-state index is 0.179. The standard InChI is InChI=1S/C16H29NO2/c1-3-8-16(19,9-4-2)10-15(18)17-11-13-6-5-7-14(13)12-17/h13-14,19H,3-12H2,1-2H3. The number of aliphatic hydroxyl groups is 1. The number of hydrogen-bond acceptors (Lipinski definition) is 2. The number of likely N-dealkylation sites (tertiary alicyclic amines) is 1. The Hall–Kier alpha value is -0.570. The summed E-state index contributed by atoms with van der Waals surface area (Å²) in [5.41, 5.74) is -0.766. The van der Waals surface area contributed by atoms with Crippen molar-refractivity contribution in [3.8, 4) is 0 Å². The lowest BCUT2D eigenvalue weighted by atomic mass is 9.89. The molecule has 1 saturated carbocycles. The number of amides is 1. The van der Waals surface area contributed by atoms with E-state index in [1.807, 2.05) is 4.90 Å². The molecule has 1 N–H and O–H groups in total. The van der Waals surface area contributed by atoms with Crippen molar-refractivity contribution >= 4 is 5.91 Å². The van der Waals surface area contributed by atoms with Crippen LogP contribution in [0, 0.1) is 11.8 Å². The average molecular weight is 267 g/mol. The second kappa shape index (κ2) is 6.25. The van der Waals surface area contributed by atoms with Gasteiger partial charge in [-0.3, -0.25) is 4.79 Å². The first-order valence-electron chi connectivity index (χ1n) is 8.08. The van der Waals surface area contributed by atoms with E-state index in [4.69, 9.17) is 0 Å². The summed E-state index contributed by atoms with van der Waals surface area (Å²) in [7, 11) is 0. The molecule has 1 heterocycles. The van der Waals surface area contributed by atoms with E-state index in [2.05, 4.69) is 13.8 Å². The molecule has 0 aromatic carbocycles. The van der Waals surface area contributed by atoms with Crippen molar-refractivity contribution in [2.24, 2.45) is 11.8 Å². The molecule has 0 radical (unpaired) electrons. The smallest absolute Gasteiger partial charge is 0.225 e. The molecule has 2 unspecified atom stereocenters. The van der Waals surface area contributed by atoms with Gasteiger partial charge in [0.15, 0.2) is 0 Å². The highest BCUT2D eigenvalue weighted by Crippen LogP contribution is 2.38. The molecule has 3 heteroatoms. The monoisotopic (exact) mass is 267 g/mol. The third kappa shape index (κ3) is 3.50. The summed E-state index contributed by atoms with van der Waals surface area (Å²) in [4.78, 5) is 14.4. The zero-order chi connectivity index (χ0) is 13.9. The van der Waals surface area contributed by atoms with Crippen LogP contribution in [0.3, 0.4) is 0 Å². The fourth-order valence-electron chi connectivity index (χ4n) is 4.06. The highest BCUT2D eigenvalue weighted by Gasteiger charge is 2.39. The minimum Gasteiger partial charge on any atom is -0.389 e. The first kappa shape index (κ1) is 14.8. The summed E-state index contributed by atoms with van der Waals surface area (Å²) in [6.45, 7) is 6.03. The number of fused-ring (bicyclic) bond motifs is 1. The predicted octanol–water partition coefficient (Wildman–Crippen LogP) is 2.97. The zero-order valence-corrected chi connectivity index (χ0v) is 12.5. The van der Waals surface area contributed by atoms with Crippen LogP contribution in [0.5, 0.6) is 0 Å². The summed E-state index contributed by atoms with van der Waals surface area (Å²) < 4.78 is 0. The lowest BCUT2D eigenvalue weighted by Gasteiger charge is -2.29. The van der Waals surface area contributed by atoms with E-state index in [-0.39, 0.29) is 5.91 Å². The number of rotatable bonds is 6. The van der Waals surface area contributed by atoms with Crippen LogP contribution < -0.4 is 0 Å². The van der Waals surface area contributed by atoms with Gasteiger partial charge in [0.2, 0.25) is 5.91 Å². The molecule has 1 aliphatic carbocycles. The topological polar surface area (TPSA) is 40.5 Å². The largest absolute Gasteiger partial charge is 0.389 e. The third-order valence-corrected chi connectivity index (χ3v) is 4.99. The molecular formula is C16H29NO2. The highest BCUT2D eigenvalue weighted by molar-refractivity contribution is 5.77. The fraction of sp³-hybridized carbons (Fsp3) is 0.938. The third-order valence-electron chi connectivity index (χ3n) is 4.99. The van der Waals surface area contributed by atoms with E-state index < -0.39 is 5.60 Å². The number of hydrogen-bond donors (Lipinski definition) is 1. The van der Waals surface area contributed by atoms with Crippen molar-refractivity contribution in [2.75, 3.05) is 13.1 Å². The zero-order valence-electron chi connectivity index (χ0n) is 12.5. The van der Waals surface area contributed by atoms with Crippen molar-refractivity contribution in [1.29, 1.82) is 0 Å². The van der Waals surface area contributed by atoms with Gasteiger partial charge in [0.25, 0.3) is 0 Å². The van der Waals surface area contributed by atoms with Crippen LogP contribution in [0.25, 0.3) is 0 Å². The molecule has 2 aliphatic rings. The first-order chi connectivity index (χ1) is 9.08. The maximum Gasteiger partial charge on any atom is 0.225 e. The molecule has 0 aromatic rings. The van der Waals surface area contributed by atoms with Crippen molar-refractivity contribution < 1.29 is 9.90 Å². The number of carbonyl (C=O) groups excluding carboxylic acids is 1. The molecule has 0 spiro atoms. The predicted molar refractivity (Wildman–Crippen MR) is 76.8 cm³/mol. The van der Waals surface area contributed by atoms with E-state index in [0.29, 0.717) is 6.42 Å². The number of nitrogens with zero attached hydrogens (tertiary/aromatic N) is 1. The Morgan fingerprint density at radius 1 is 1.16 bits per heavy atom. The molecule has 3 nitrogen and oxygen atoms in total. The summed E-state index contributed by atoms with van der Waals surface area (Å²) in [6.07, 6.45) is 7.62. The van der Waals surface area contributed by atoms with E-state index in [1.54, 1.807) is 0 Å². The lowest BCUT2D eigenvalue weighted by Crippen LogP contribution is -2.38. The SMILES string of the molecule is CCCC(O)(CCC)CC(=O)N1CC2CCCC2C1. The lowest BCUT2D eigenvalue weighted by molar-refractivity contribution is -0.136. The van der Waals surface area contributed by atoms with Gasteiger partial charge < -0.3 is 10.0 Å². The Morgan fingerprint density at radius 2 is 1.68 bits per heavy atom. The molecule has 1 aliphatic heterocycles. The van der Waals surface area contributed by atoms with Gasteiger partial charge in [0.1, 0.15) is 0 Å². The van der Waals surface area contributed by atoms with Gasteiger partial charge in [0, 0.05) is 13.1 Å². The van der Waals surface area contributed by atoms with Gasteiger partial charge in [-0.05, 0) is 37.5 Å². The van der Waals surface area contributed by atoms with Crippen molar-refractivity contribution in [3.05, 3.63) is 0 Å². The molecule has 2 atom stereocenters. The van der Waals surface area contributed by atoms with E-state index in [1.165, 1.54) is 19.3 Å². The average Bonchev–Trinajstić information content (AvgIpc) is 2.88. The molecule has 1 saturated heterocycles. The summed E-state index contributed by atoms with van der Waals surface area (Å²) >= 11 is 0.